The number of benzene rings is 1. The molecule has 2 aromatic rings. The van der Waals surface area contributed by atoms with Crippen molar-refractivity contribution in [2.45, 2.75) is 31.9 Å². The van der Waals surface area contributed by atoms with Crippen LogP contribution < -0.4 is 24.8 Å². The van der Waals surface area contributed by atoms with Crippen LogP contribution in [0.25, 0.3) is 0 Å². The molecule has 0 bridgehead atoms. The zero-order chi connectivity index (χ0) is 19.9. The zero-order valence-electron chi connectivity index (χ0n) is 16.4. The first-order valence-corrected chi connectivity index (χ1v) is 9.15. The van der Waals surface area contributed by atoms with Crippen molar-refractivity contribution in [3.63, 3.8) is 0 Å². The van der Waals surface area contributed by atoms with Gasteiger partial charge in [-0.05, 0) is 19.3 Å². The minimum absolute atomic E-state index is 0.176. The van der Waals surface area contributed by atoms with Crippen LogP contribution in [-0.4, -0.2) is 49.9 Å². The van der Waals surface area contributed by atoms with E-state index in [1.165, 1.54) is 27.8 Å². The van der Waals surface area contributed by atoms with E-state index in [-0.39, 0.29) is 6.10 Å². The van der Waals surface area contributed by atoms with Gasteiger partial charge in [0, 0.05) is 24.9 Å². The van der Waals surface area contributed by atoms with Crippen LogP contribution in [0.15, 0.2) is 24.5 Å². The zero-order valence-corrected chi connectivity index (χ0v) is 16.4. The molecule has 0 aliphatic carbocycles. The van der Waals surface area contributed by atoms with Gasteiger partial charge in [-0.25, -0.2) is 4.79 Å². The lowest BCUT2D eigenvalue weighted by molar-refractivity contribution is 0.00400. The van der Waals surface area contributed by atoms with Gasteiger partial charge in [0.05, 0.1) is 51.5 Å². The van der Waals surface area contributed by atoms with Crippen molar-refractivity contribution in [2.24, 2.45) is 0 Å². The number of nitrogens with one attached hydrogen (secondary N) is 2. The molecule has 1 aliphatic heterocycles. The monoisotopic (exact) mass is 390 g/mol. The normalized spacial score (nSPS) is 16.3. The maximum absolute atomic E-state index is 12.3. The average molecular weight is 390 g/mol. The summed E-state index contributed by atoms with van der Waals surface area (Å²) < 4.78 is 23.4. The van der Waals surface area contributed by atoms with Gasteiger partial charge >= 0.3 is 6.03 Å². The third-order valence-corrected chi connectivity index (χ3v) is 4.48. The van der Waals surface area contributed by atoms with E-state index in [9.17, 15) is 4.79 Å². The van der Waals surface area contributed by atoms with Gasteiger partial charge in [-0.3, -0.25) is 4.68 Å². The molecule has 3 rings (SSSR count). The molecule has 1 unspecified atom stereocenters. The summed E-state index contributed by atoms with van der Waals surface area (Å²) in [5.41, 5.74) is 1.11. The summed E-state index contributed by atoms with van der Waals surface area (Å²) in [5.74, 6) is 1.37. The van der Waals surface area contributed by atoms with Crippen LogP contribution in [0, 0.1) is 0 Å². The Morgan fingerprint density at radius 3 is 2.46 bits per heavy atom. The fraction of sp³-hybridized carbons (Fsp3) is 0.474. The number of aromatic nitrogens is 2. The highest BCUT2D eigenvalue weighted by molar-refractivity contribution is 6.00. The number of anilines is 2. The van der Waals surface area contributed by atoms with Crippen molar-refractivity contribution >= 4 is 17.4 Å². The maximum atomic E-state index is 12.3. The Balaban J connectivity index is 1.61. The quantitative estimate of drug-likeness (QED) is 0.754. The van der Waals surface area contributed by atoms with Gasteiger partial charge in [0.1, 0.15) is 0 Å². The number of rotatable bonds is 7. The van der Waals surface area contributed by atoms with E-state index in [0.29, 0.717) is 35.2 Å². The molecule has 0 saturated carbocycles. The number of amides is 2. The molecule has 0 spiro atoms. The van der Waals surface area contributed by atoms with Gasteiger partial charge in [-0.1, -0.05) is 0 Å². The second-order valence-corrected chi connectivity index (χ2v) is 6.43. The Kier molecular flexibility index (Phi) is 6.59. The van der Waals surface area contributed by atoms with Crippen LogP contribution in [0.5, 0.6) is 17.2 Å². The molecule has 1 aromatic carbocycles. The van der Waals surface area contributed by atoms with E-state index < -0.39 is 6.03 Å². The number of hydrogen-bond donors (Lipinski definition) is 2. The van der Waals surface area contributed by atoms with Gasteiger partial charge in [-0.2, -0.15) is 5.10 Å². The van der Waals surface area contributed by atoms with E-state index in [2.05, 4.69) is 15.7 Å². The molecule has 1 fully saturated rings. The van der Waals surface area contributed by atoms with Crippen molar-refractivity contribution in [2.75, 3.05) is 38.6 Å². The molecule has 152 valence electrons. The Morgan fingerprint density at radius 2 is 1.86 bits per heavy atom. The summed E-state index contributed by atoms with van der Waals surface area (Å²) in [5, 5.41) is 9.80. The number of carbonyl (C=O) groups is 1. The summed E-state index contributed by atoms with van der Waals surface area (Å²) in [7, 11) is 4.56. The molecular weight excluding hydrogens is 364 g/mol. The molecule has 1 aromatic heterocycles. The van der Waals surface area contributed by atoms with Crippen molar-refractivity contribution in [1.82, 2.24) is 9.78 Å². The molecule has 1 atom stereocenters. The molecule has 1 saturated heterocycles. The van der Waals surface area contributed by atoms with Gasteiger partial charge in [0.25, 0.3) is 0 Å². The minimum atomic E-state index is -0.400. The first kappa shape index (κ1) is 19.8. The van der Waals surface area contributed by atoms with Crippen LogP contribution in [0.1, 0.15) is 19.3 Å². The lowest BCUT2D eigenvalue weighted by Gasteiger charge is -2.22. The van der Waals surface area contributed by atoms with Crippen LogP contribution in [0.2, 0.25) is 0 Å². The van der Waals surface area contributed by atoms with Gasteiger partial charge < -0.3 is 29.6 Å². The maximum Gasteiger partial charge on any atom is 0.323 e. The number of ether oxygens (including phenoxy) is 4. The smallest absolute Gasteiger partial charge is 0.323 e. The Labute approximate surface area is 163 Å². The third kappa shape index (κ3) is 4.86. The molecule has 0 radical (unpaired) electrons. The first-order valence-electron chi connectivity index (χ1n) is 9.15. The van der Waals surface area contributed by atoms with Crippen LogP contribution in [-0.2, 0) is 11.3 Å². The van der Waals surface area contributed by atoms with Crippen LogP contribution in [0.3, 0.4) is 0 Å². The topological polar surface area (TPSA) is 95.9 Å². The molecule has 1 aliphatic rings. The van der Waals surface area contributed by atoms with Gasteiger partial charge in [0.15, 0.2) is 11.5 Å². The highest BCUT2D eigenvalue weighted by Gasteiger charge is 2.16. The number of nitrogens with zero attached hydrogens (tertiary/aromatic N) is 2. The Bertz CT molecular complexity index is 776. The van der Waals surface area contributed by atoms with Crippen LogP contribution in [0.4, 0.5) is 16.2 Å². The molecule has 2 heterocycles. The van der Waals surface area contributed by atoms with Crippen molar-refractivity contribution in [1.29, 1.82) is 0 Å². The summed E-state index contributed by atoms with van der Waals surface area (Å²) in [6.07, 6.45) is 6.89. The van der Waals surface area contributed by atoms with E-state index in [4.69, 9.17) is 18.9 Å². The summed E-state index contributed by atoms with van der Waals surface area (Å²) in [4.78, 5) is 12.3. The number of urea groups is 1. The molecule has 9 heteroatoms. The predicted molar refractivity (Wildman–Crippen MR) is 105 cm³/mol. The fourth-order valence-corrected chi connectivity index (χ4v) is 3.13. The van der Waals surface area contributed by atoms with Gasteiger partial charge in [-0.15, -0.1) is 0 Å². The van der Waals surface area contributed by atoms with Crippen molar-refractivity contribution < 1.29 is 23.7 Å². The molecule has 9 nitrogen and oxygen atoms in total. The number of hydrogen-bond acceptors (Lipinski definition) is 6. The van der Waals surface area contributed by atoms with Gasteiger partial charge in [0.2, 0.25) is 5.75 Å². The number of carbonyl (C=O) groups excluding carboxylic acids is 1. The summed E-state index contributed by atoms with van der Waals surface area (Å²) >= 11 is 0. The molecule has 28 heavy (non-hydrogen) atoms. The highest BCUT2D eigenvalue weighted by Crippen LogP contribution is 2.39. The van der Waals surface area contributed by atoms with E-state index in [1.807, 2.05) is 0 Å². The van der Waals surface area contributed by atoms with Crippen molar-refractivity contribution in [3.8, 4) is 17.2 Å². The van der Waals surface area contributed by atoms with Crippen molar-refractivity contribution in [3.05, 3.63) is 24.5 Å². The first-order chi connectivity index (χ1) is 13.6. The van der Waals surface area contributed by atoms with Crippen LogP contribution >= 0.6 is 0 Å². The molecular formula is C19H26N4O5. The van der Waals surface area contributed by atoms with E-state index in [1.54, 1.807) is 29.2 Å². The molecule has 2 N–H and O–H groups in total. The third-order valence-electron chi connectivity index (χ3n) is 4.48. The fourth-order valence-electron chi connectivity index (χ4n) is 3.13. The molecule has 2 amide bonds. The average Bonchev–Trinajstić information content (AvgIpc) is 3.14. The minimum Gasteiger partial charge on any atom is -0.493 e. The second-order valence-electron chi connectivity index (χ2n) is 6.43. The second kappa shape index (κ2) is 9.32. The lowest BCUT2D eigenvalue weighted by Crippen LogP contribution is -2.24. The highest BCUT2D eigenvalue weighted by atomic mass is 16.5. The standard InChI is InChI=1S/C19H26N4O5/c1-25-16-8-13(9-17(26-2)18(16)27-3)21-19(24)22-14-10-20-23(11-14)12-15-6-4-5-7-28-15/h8-11,15H,4-7,12H2,1-3H3,(H2,21,22,24). The largest absolute Gasteiger partial charge is 0.493 e. The lowest BCUT2D eigenvalue weighted by atomic mass is 10.1. The Morgan fingerprint density at radius 1 is 1.14 bits per heavy atom. The Hall–Kier alpha value is -2.94. The predicted octanol–water partition coefficient (Wildman–Crippen LogP) is 3.12. The summed E-state index contributed by atoms with van der Waals surface area (Å²) in [6.45, 7) is 1.48. The number of methoxy groups -OCH3 is 3. The summed E-state index contributed by atoms with van der Waals surface area (Å²) in [6, 6.07) is 2.91. The van der Waals surface area contributed by atoms with E-state index >= 15 is 0 Å². The SMILES string of the molecule is COc1cc(NC(=O)Nc2cnn(CC3CCCCO3)c2)cc(OC)c1OC. The van der Waals surface area contributed by atoms with E-state index in [0.717, 1.165) is 19.4 Å².